The summed E-state index contributed by atoms with van der Waals surface area (Å²) in [5, 5.41) is 3.57. The number of carbonyl (C=O) groups excluding carboxylic acids is 2. The minimum atomic E-state index is -0.527. The molecule has 0 saturated heterocycles. The molecule has 1 unspecified atom stereocenters. The smallest absolute Gasteiger partial charge is 0.242 e. The van der Waals surface area contributed by atoms with Crippen molar-refractivity contribution in [3.8, 4) is 0 Å². The van der Waals surface area contributed by atoms with Crippen LogP contribution in [-0.4, -0.2) is 29.3 Å². The van der Waals surface area contributed by atoms with E-state index in [9.17, 15) is 9.59 Å². The van der Waals surface area contributed by atoms with Crippen LogP contribution < -0.4 is 5.32 Å². The fourth-order valence-electron chi connectivity index (χ4n) is 3.22. The standard InChI is InChI=1S/C24H31ClN2O2/c1-4-6-15-26-24(29)22(5-2)27(17-20-9-7-8-10-21(20)25)23(28)16-19-13-11-18(3)12-14-19/h7-14,22H,4-6,15-17H2,1-3H3,(H,26,29). The number of benzene rings is 2. The maximum Gasteiger partial charge on any atom is 0.242 e. The lowest BCUT2D eigenvalue weighted by Gasteiger charge is -2.31. The van der Waals surface area contributed by atoms with Crippen molar-refractivity contribution in [2.75, 3.05) is 6.54 Å². The number of amides is 2. The van der Waals surface area contributed by atoms with Crippen molar-refractivity contribution in [2.45, 2.75) is 59.0 Å². The number of nitrogens with one attached hydrogen (secondary N) is 1. The molecule has 1 N–H and O–H groups in total. The van der Waals surface area contributed by atoms with Crippen molar-refractivity contribution in [1.29, 1.82) is 0 Å². The first-order valence-electron chi connectivity index (χ1n) is 10.3. The lowest BCUT2D eigenvalue weighted by atomic mass is 10.1. The van der Waals surface area contributed by atoms with Gasteiger partial charge in [-0.2, -0.15) is 0 Å². The van der Waals surface area contributed by atoms with Crippen LogP contribution in [0.5, 0.6) is 0 Å². The van der Waals surface area contributed by atoms with Crippen LogP contribution in [0, 0.1) is 6.92 Å². The van der Waals surface area contributed by atoms with Crippen LogP contribution in [0.3, 0.4) is 0 Å². The van der Waals surface area contributed by atoms with Crippen LogP contribution in [0.25, 0.3) is 0 Å². The first kappa shape index (κ1) is 23.0. The van der Waals surface area contributed by atoms with Gasteiger partial charge in [0.25, 0.3) is 0 Å². The summed E-state index contributed by atoms with van der Waals surface area (Å²) in [5.74, 6) is -0.184. The number of rotatable bonds is 10. The number of hydrogen-bond donors (Lipinski definition) is 1. The zero-order valence-corrected chi connectivity index (χ0v) is 18.3. The topological polar surface area (TPSA) is 49.4 Å². The van der Waals surface area contributed by atoms with Crippen molar-refractivity contribution in [3.63, 3.8) is 0 Å². The highest BCUT2D eigenvalue weighted by Gasteiger charge is 2.28. The lowest BCUT2D eigenvalue weighted by molar-refractivity contribution is -0.140. The molecule has 2 aromatic carbocycles. The zero-order chi connectivity index (χ0) is 21.2. The van der Waals surface area contributed by atoms with E-state index in [1.165, 1.54) is 0 Å². The number of halogens is 1. The molecule has 156 valence electrons. The van der Waals surface area contributed by atoms with Gasteiger partial charge in [-0.25, -0.2) is 0 Å². The summed E-state index contributed by atoms with van der Waals surface area (Å²) in [7, 11) is 0. The molecule has 0 bridgehead atoms. The Labute approximate surface area is 179 Å². The minimum Gasteiger partial charge on any atom is -0.354 e. The normalized spacial score (nSPS) is 11.7. The molecule has 0 aliphatic rings. The quantitative estimate of drug-likeness (QED) is 0.561. The monoisotopic (exact) mass is 414 g/mol. The number of unbranched alkanes of at least 4 members (excludes halogenated alkanes) is 1. The molecular weight excluding hydrogens is 384 g/mol. The fraction of sp³-hybridized carbons (Fsp3) is 0.417. The SMILES string of the molecule is CCCCNC(=O)C(CC)N(Cc1ccccc1Cl)C(=O)Cc1ccc(C)cc1. The van der Waals surface area contributed by atoms with Crippen molar-refractivity contribution in [3.05, 3.63) is 70.2 Å². The van der Waals surface area contributed by atoms with E-state index in [1.807, 2.05) is 62.4 Å². The van der Waals surface area contributed by atoms with Gasteiger partial charge in [-0.3, -0.25) is 9.59 Å². The minimum absolute atomic E-state index is 0.0775. The summed E-state index contributed by atoms with van der Waals surface area (Å²) in [6.45, 7) is 6.96. The molecule has 0 fully saturated rings. The molecule has 0 radical (unpaired) electrons. The van der Waals surface area contributed by atoms with Gasteiger partial charge in [0.15, 0.2) is 0 Å². The Hall–Kier alpha value is -2.33. The van der Waals surface area contributed by atoms with E-state index < -0.39 is 6.04 Å². The summed E-state index contributed by atoms with van der Waals surface area (Å²) in [4.78, 5) is 27.7. The van der Waals surface area contributed by atoms with E-state index in [0.717, 1.165) is 29.5 Å². The fourth-order valence-corrected chi connectivity index (χ4v) is 3.41. The number of carbonyl (C=O) groups is 2. The number of hydrogen-bond acceptors (Lipinski definition) is 2. The first-order valence-corrected chi connectivity index (χ1v) is 10.7. The second kappa shape index (κ2) is 11.6. The van der Waals surface area contributed by atoms with Crippen molar-refractivity contribution < 1.29 is 9.59 Å². The Morgan fingerprint density at radius 3 is 2.38 bits per heavy atom. The maximum absolute atomic E-state index is 13.3. The highest BCUT2D eigenvalue weighted by molar-refractivity contribution is 6.31. The molecule has 0 saturated carbocycles. The van der Waals surface area contributed by atoms with Gasteiger partial charge in [0.2, 0.25) is 11.8 Å². The molecule has 0 aliphatic carbocycles. The predicted molar refractivity (Wildman–Crippen MR) is 119 cm³/mol. The summed E-state index contributed by atoms with van der Waals surface area (Å²) >= 11 is 6.34. The Balaban J connectivity index is 2.25. The van der Waals surface area contributed by atoms with Gasteiger partial charge in [-0.1, -0.05) is 79.9 Å². The van der Waals surface area contributed by atoms with Gasteiger partial charge in [-0.15, -0.1) is 0 Å². The molecule has 0 spiro atoms. The highest BCUT2D eigenvalue weighted by atomic mass is 35.5. The second-order valence-electron chi connectivity index (χ2n) is 7.34. The van der Waals surface area contributed by atoms with E-state index in [-0.39, 0.29) is 18.2 Å². The van der Waals surface area contributed by atoms with Gasteiger partial charge >= 0.3 is 0 Å². The van der Waals surface area contributed by atoms with Crippen molar-refractivity contribution in [1.82, 2.24) is 10.2 Å². The summed E-state index contributed by atoms with van der Waals surface area (Å²) in [5.41, 5.74) is 2.92. The van der Waals surface area contributed by atoms with Crippen LogP contribution in [-0.2, 0) is 22.6 Å². The van der Waals surface area contributed by atoms with E-state index in [2.05, 4.69) is 12.2 Å². The zero-order valence-electron chi connectivity index (χ0n) is 17.6. The van der Waals surface area contributed by atoms with Gasteiger partial charge < -0.3 is 10.2 Å². The van der Waals surface area contributed by atoms with E-state index >= 15 is 0 Å². The lowest BCUT2D eigenvalue weighted by Crippen LogP contribution is -2.49. The third-order valence-corrected chi connectivity index (χ3v) is 5.36. The van der Waals surface area contributed by atoms with Crippen molar-refractivity contribution >= 4 is 23.4 Å². The number of nitrogens with zero attached hydrogens (tertiary/aromatic N) is 1. The molecule has 4 nitrogen and oxygen atoms in total. The molecule has 2 rings (SSSR count). The molecule has 0 heterocycles. The van der Waals surface area contributed by atoms with Crippen LogP contribution in [0.2, 0.25) is 5.02 Å². The van der Waals surface area contributed by atoms with Gasteiger partial charge in [-0.05, 0) is 37.0 Å². The summed E-state index contributed by atoms with van der Waals surface area (Å²) in [6, 6.07) is 14.8. The number of aryl methyl sites for hydroxylation is 1. The van der Waals surface area contributed by atoms with E-state index in [0.29, 0.717) is 24.5 Å². The summed E-state index contributed by atoms with van der Waals surface area (Å²) in [6.07, 6.45) is 2.72. The Morgan fingerprint density at radius 1 is 1.07 bits per heavy atom. The van der Waals surface area contributed by atoms with Gasteiger partial charge in [0, 0.05) is 18.1 Å². The largest absolute Gasteiger partial charge is 0.354 e. The first-order chi connectivity index (χ1) is 14.0. The van der Waals surface area contributed by atoms with Gasteiger partial charge in [0.1, 0.15) is 6.04 Å². The third-order valence-electron chi connectivity index (χ3n) is 4.99. The molecular formula is C24H31ClN2O2. The molecule has 29 heavy (non-hydrogen) atoms. The Kier molecular flexibility index (Phi) is 9.20. The van der Waals surface area contributed by atoms with Crippen molar-refractivity contribution in [2.24, 2.45) is 0 Å². The molecule has 2 aromatic rings. The second-order valence-corrected chi connectivity index (χ2v) is 7.75. The van der Waals surface area contributed by atoms with E-state index in [4.69, 9.17) is 11.6 Å². The van der Waals surface area contributed by atoms with Crippen LogP contribution in [0.4, 0.5) is 0 Å². The highest BCUT2D eigenvalue weighted by Crippen LogP contribution is 2.20. The van der Waals surface area contributed by atoms with Gasteiger partial charge in [0.05, 0.1) is 6.42 Å². The average Bonchev–Trinajstić information content (AvgIpc) is 2.71. The molecule has 2 amide bonds. The molecule has 5 heteroatoms. The Bertz CT molecular complexity index is 805. The molecule has 0 aromatic heterocycles. The van der Waals surface area contributed by atoms with Crippen LogP contribution >= 0.6 is 11.6 Å². The Morgan fingerprint density at radius 2 is 1.76 bits per heavy atom. The predicted octanol–water partition coefficient (Wildman–Crippen LogP) is 4.91. The molecule has 1 atom stereocenters. The average molecular weight is 415 g/mol. The third kappa shape index (κ3) is 6.90. The van der Waals surface area contributed by atoms with E-state index in [1.54, 1.807) is 4.90 Å². The molecule has 0 aliphatic heterocycles. The maximum atomic E-state index is 13.3. The van der Waals surface area contributed by atoms with Crippen LogP contribution in [0.1, 0.15) is 49.8 Å². The van der Waals surface area contributed by atoms with Crippen LogP contribution in [0.15, 0.2) is 48.5 Å². The summed E-state index contributed by atoms with van der Waals surface area (Å²) < 4.78 is 0.